The van der Waals surface area contributed by atoms with Gasteiger partial charge in [-0.2, -0.15) is 0 Å². The topological polar surface area (TPSA) is 74.0 Å². The molecule has 8 heteroatoms. The van der Waals surface area contributed by atoms with E-state index in [1.54, 1.807) is 12.1 Å². The average molecular weight is 422 g/mol. The van der Waals surface area contributed by atoms with E-state index in [0.29, 0.717) is 43.3 Å². The molecule has 2 aliphatic heterocycles. The first kappa shape index (κ1) is 19.3. The van der Waals surface area contributed by atoms with Crippen LogP contribution in [-0.2, 0) is 4.74 Å². The van der Waals surface area contributed by atoms with Crippen molar-refractivity contribution in [3.63, 3.8) is 0 Å². The van der Waals surface area contributed by atoms with Gasteiger partial charge in [-0.25, -0.2) is 0 Å². The highest BCUT2D eigenvalue weighted by atomic mass is 79.9. The molecule has 0 radical (unpaired) electrons. The summed E-state index contributed by atoms with van der Waals surface area (Å²) in [6.07, 6.45) is 2.84. The summed E-state index contributed by atoms with van der Waals surface area (Å²) in [5.74, 6) is 1.29. The Labute approximate surface area is 156 Å². The van der Waals surface area contributed by atoms with Crippen molar-refractivity contribution in [3.05, 3.63) is 22.2 Å². The van der Waals surface area contributed by atoms with E-state index in [-0.39, 0.29) is 31.2 Å². The predicted octanol–water partition coefficient (Wildman–Crippen LogP) is 2.57. The summed E-state index contributed by atoms with van der Waals surface area (Å²) in [4.78, 5) is 14.5. The molecule has 24 heavy (non-hydrogen) atoms. The van der Waals surface area contributed by atoms with Crippen LogP contribution in [0.4, 0.5) is 0 Å². The molecule has 1 saturated heterocycles. The third-order valence-electron chi connectivity index (χ3n) is 4.11. The Kier molecular flexibility index (Phi) is 7.16. The Morgan fingerprint density at radius 2 is 2.08 bits per heavy atom. The molecule has 0 atom stereocenters. The Morgan fingerprint density at radius 1 is 1.33 bits per heavy atom. The van der Waals surface area contributed by atoms with Crippen LogP contribution in [-0.4, -0.2) is 49.9 Å². The van der Waals surface area contributed by atoms with Gasteiger partial charge >= 0.3 is 0 Å². The van der Waals surface area contributed by atoms with E-state index in [4.69, 9.17) is 19.9 Å². The number of nitrogens with two attached hydrogens (primary N) is 1. The molecule has 134 valence electrons. The quantitative estimate of drug-likeness (QED) is 0.740. The second-order valence-corrected chi connectivity index (χ2v) is 6.55. The predicted molar refractivity (Wildman–Crippen MR) is 96.1 cm³/mol. The normalized spacial score (nSPS) is 16.8. The monoisotopic (exact) mass is 420 g/mol. The molecule has 2 heterocycles. The van der Waals surface area contributed by atoms with Crippen molar-refractivity contribution in [2.24, 2.45) is 5.73 Å². The number of hydrogen-bond acceptors (Lipinski definition) is 5. The third kappa shape index (κ3) is 4.33. The number of ether oxygens (including phenoxy) is 3. The van der Waals surface area contributed by atoms with Crippen LogP contribution in [0.2, 0.25) is 0 Å². The summed E-state index contributed by atoms with van der Waals surface area (Å²) in [6.45, 7) is 2.95. The Balaban J connectivity index is 0.00000208. The standard InChI is InChI=1S/C16H21BrN2O4.ClH/c17-13-8-11(9-14-15(13)23-10-22-14)16(20)19-5-2-12(3-6-19)21-7-1-4-18;/h8-9,12H,1-7,10,18H2;1H. The van der Waals surface area contributed by atoms with Crippen molar-refractivity contribution in [2.75, 3.05) is 33.0 Å². The van der Waals surface area contributed by atoms with Crippen molar-refractivity contribution >= 4 is 34.2 Å². The second kappa shape index (κ2) is 8.89. The van der Waals surface area contributed by atoms with E-state index in [1.165, 1.54) is 0 Å². The zero-order valence-corrected chi connectivity index (χ0v) is 15.7. The molecule has 0 aromatic heterocycles. The minimum atomic E-state index is 0. The van der Waals surface area contributed by atoms with Crippen LogP contribution < -0.4 is 15.2 Å². The molecule has 1 amide bonds. The molecule has 0 saturated carbocycles. The molecule has 0 aliphatic carbocycles. The van der Waals surface area contributed by atoms with Crippen molar-refractivity contribution < 1.29 is 19.0 Å². The van der Waals surface area contributed by atoms with Crippen LogP contribution in [0.15, 0.2) is 16.6 Å². The summed E-state index contributed by atoms with van der Waals surface area (Å²) in [7, 11) is 0. The van der Waals surface area contributed by atoms with Gasteiger partial charge in [0.15, 0.2) is 11.5 Å². The van der Waals surface area contributed by atoms with E-state index >= 15 is 0 Å². The maximum atomic E-state index is 12.7. The molecule has 3 rings (SSSR count). The first-order valence-electron chi connectivity index (χ1n) is 7.89. The lowest BCUT2D eigenvalue weighted by Gasteiger charge is -2.32. The molecule has 2 aliphatic rings. The Morgan fingerprint density at radius 3 is 2.79 bits per heavy atom. The summed E-state index contributed by atoms with van der Waals surface area (Å²) in [5.41, 5.74) is 6.08. The van der Waals surface area contributed by atoms with Crippen LogP contribution in [0.5, 0.6) is 11.5 Å². The van der Waals surface area contributed by atoms with Gasteiger partial charge in [0, 0.05) is 25.3 Å². The van der Waals surface area contributed by atoms with Crippen LogP contribution in [0.3, 0.4) is 0 Å². The number of rotatable bonds is 5. The van der Waals surface area contributed by atoms with Crippen LogP contribution in [0, 0.1) is 0 Å². The number of halogens is 2. The number of piperidine rings is 1. The first-order valence-corrected chi connectivity index (χ1v) is 8.68. The van der Waals surface area contributed by atoms with E-state index < -0.39 is 0 Å². The van der Waals surface area contributed by atoms with Gasteiger partial charge < -0.3 is 24.8 Å². The third-order valence-corrected chi connectivity index (χ3v) is 4.69. The van der Waals surface area contributed by atoms with E-state index in [2.05, 4.69) is 15.9 Å². The van der Waals surface area contributed by atoms with E-state index in [1.807, 2.05) is 4.90 Å². The average Bonchev–Trinajstić information content (AvgIpc) is 3.04. The molecule has 0 spiro atoms. The fourth-order valence-corrected chi connectivity index (χ4v) is 3.39. The highest BCUT2D eigenvalue weighted by molar-refractivity contribution is 9.10. The number of fused-ring (bicyclic) bond motifs is 1. The highest BCUT2D eigenvalue weighted by Crippen LogP contribution is 2.40. The van der Waals surface area contributed by atoms with Gasteiger partial charge in [0.2, 0.25) is 6.79 Å². The maximum Gasteiger partial charge on any atom is 0.254 e. The number of amides is 1. The lowest BCUT2D eigenvalue weighted by Crippen LogP contribution is -2.41. The number of carbonyl (C=O) groups excluding carboxylic acids is 1. The zero-order chi connectivity index (χ0) is 16.2. The molecule has 0 bridgehead atoms. The van der Waals surface area contributed by atoms with Gasteiger partial charge in [-0.05, 0) is 53.9 Å². The number of benzene rings is 1. The molecule has 0 unspecified atom stereocenters. The SMILES string of the molecule is Cl.NCCCOC1CCN(C(=O)c2cc(Br)c3c(c2)OCO3)CC1. The zero-order valence-electron chi connectivity index (χ0n) is 13.3. The molecule has 1 aromatic rings. The van der Waals surface area contributed by atoms with Gasteiger partial charge in [0.1, 0.15) is 0 Å². The number of nitrogens with zero attached hydrogens (tertiary/aromatic N) is 1. The summed E-state index contributed by atoms with van der Waals surface area (Å²) in [5, 5.41) is 0. The molecule has 1 fully saturated rings. The van der Waals surface area contributed by atoms with Crippen molar-refractivity contribution in [3.8, 4) is 11.5 Å². The largest absolute Gasteiger partial charge is 0.454 e. The summed E-state index contributed by atoms with van der Waals surface area (Å²) >= 11 is 3.43. The lowest BCUT2D eigenvalue weighted by molar-refractivity contribution is 0.00843. The van der Waals surface area contributed by atoms with Crippen molar-refractivity contribution in [1.82, 2.24) is 4.90 Å². The Bertz CT molecular complexity index is 579. The molecular formula is C16H22BrClN2O4. The minimum Gasteiger partial charge on any atom is -0.454 e. The maximum absolute atomic E-state index is 12.7. The first-order chi connectivity index (χ1) is 11.2. The number of hydrogen-bond donors (Lipinski definition) is 1. The van der Waals surface area contributed by atoms with Gasteiger partial charge in [-0.1, -0.05) is 0 Å². The summed E-state index contributed by atoms with van der Waals surface area (Å²) in [6, 6.07) is 3.54. The number of carbonyl (C=O) groups is 1. The number of likely N-dealkylation sites (tertiary alicyclic amines) is 1. The smallest absolute Gasteiger partial charge is 0.254 e. The van der Waals surface area contributed by atoms with E-state index in [9.17, 15) is 4.79 Å². The fourth-order valence-electron chi connectivity index (χ4n) is 2.83. The van der Waals surface area contributed by atoms with Crippen LogP contribution in [0.25, 0.3) is 0 Å². The summed E-state index contributed by atoms with van der Waals surface area (Å²) < 4.78 is 17.2. The lowest BCUT2D eigenvalue weighted by atomic mass is 10.1. The van der Waals surface area contributed by atoms with Crippen molar-refractivity contribution in [1.29, 1.82) is 0 Å². The van der Waals surface area contributed by atoms with Gasteiger partial charge in [-0.3, -0.25) is 4.79 Å². The van der Waals surface area contributed by atoms with Gasteiger partial charge in [-0.15, -0.1) is 12.4 Å². The van der Waals surface area contributed by atoms with Crippen LogP contribution >= 0.6 is 28.3 Å². The van der Waals surface area contributed by atoms with E-state index in [0.717, 1.165) is 23.7 Å². The minimum absolute atomic E-state index is 0. The van der Waals surface area contributed by atoms with Gasteiger partial charge in [0.05, 0.1) is 10.6 Å². The molecular weight excluding hydrogens is 400 g/mol. The van der Waals surface area contributed by atoms with Gasteiger partial charge in [0.25, 0.3) is 5.91 Å². The Hall–Kier alpha value is -1.02. The second-order valence-electron chi connectivity index (χ2n) is 5.70. The fraction of sp³-hybridized carbons (Fsp3) is 0.562. The molecule has 1 aromatic carbocycles. The highest BCUT2D eigenvalue weighted by Gasteiger charge is 2.26. The molecule has 6 nitrogen and oxygen atoms in total. The van der Waals surface area contributed by atoms with Crippen LogP contribution in [0.1, 0.15) is 29.6 Å². The van der Waals surface area contributed by atoms with Crippen molar-refractivity contribution in [2.45, 2.75) is 25.4 Å². The molecule has 2 N–H and O–H groups in total.